The number of likely N-dealkylation sites (N-methyl/N-ethyl adjacent to an activating group) is 1. The van der Waals surface area contributed by atoms with E-state index in [-0.39, 0.29) is 5.82 Å². The Kier molecular flexibility index (Phi) is 4.51. The third kappa shape index (κ3) is 2.57. The minimum absolute atomic E-state index is 0.318. The summed E-state index contributed by atoms with van der Waals surface area (Å²) in [7, 11) is 3.82. The van der Waals surface area contributed by atoms with Gasteiger partial charge in [0.1, 0.15) is 11.9 Å². The molecule has 18 heavy (non-hydrogen) atoms. The maximum Gasteiger partial charge on any atom is 0.129 e. The Morgan fingerprint density at radius 1 is 1.33 bits per heavy atom. The van der Waals surface area contributed by atoms with Gasteiger partial charge in [-0.05, 0) is 58.5 Å². The predicted molar refractivity (Wildman–Crippen MR) is 73.2 cm³/mol. The molecule has 0 amide bonds. The average Bonchev–Trinajstić information content (AvgIpc) is 2.25. The highest BCUT2D eigenvalue weighted by atomic mass is 19.1. The highest BCUT2D eigenvalue weighted by molar-refractivity contribution is 5.35. The van der Waals surface area contributed by atoms with Crippen LogP contribution < -0.4 is 0 Å². The summed E-state index contributed by atoms with van der Waals surface area (Å²) in [6.45, 7) is 7.67. The maximum absolute atomic E-state index is 14.1. The van der Waals surface area contributed by atoms with Crippen molar-refractivity contribution in [3.63, 3.8) is 0 Å². The molecule has 1 aromatic carbocycles. The van der Waals surface area contributed by atoms with Gasteiger partial charge in [0.15, 0.2) is 0 Å². The molecule has 3 heteroatoms. The van der Waals surface area contributed by atoms with Crippen LogP contribution in [-0.4, -0.2) is 29.6 Å². The Labute approximate surface area is 109 Å². The van der Waals surface area contributed by atoms with Gasteiger partial charge >= 0.3 is 0 Å². The fourth-order valence-electron chi connectivity index (χ4n) is 2.34. The first-order valence-electron chi connectivity index (χ1n) is 6.36. The molecule has 0 radical (unpaired) electrons. The molecular formula is C15H24FNO. The van der Waals surface area contributed by atoms with E-state index >= 15 is 0 Å². The lowest BCUT2D eigenvalue weighted by molar-refractivity contribution is -0.00156. The van der Waals surface area contributed by atoms with Crippen LogP contribution in [-0.2, 0) is 0 Å². The van der Waals surface area contributed by atoms with Gasteiger partial charge in [0.25, 0.3) is 0 Å². The molecule has 2 atom stereocenters. The molecule has 102 valence electrons. The second kappa shape index (κ2) is 5.37. The lowest BCUT2D eigenvalue weighted by atomic mass is 9.83. The Balaban J connectivity index is 3.30. The second-order valence-corrected chi connectivity index (χ2v) is 5.49. The van der Waals surface area contributed by atoms with Gasteiger partial charge in [-0.25, -0.2) is 4.39 Å². The van der Waals surface area contributed by atoms with E-state index in [4.69, 9.17) is 0 Å². The van der Waals surface area contributed by atoms with Crippen LogP contribution in [0.5, 0.6) is 0 Å². The molecule has 0 heterocycles. The topological polar surface area (TPSA) is 23.5 Å². The zero-order chi connectivity index (χ0) is 14.1. The molecule has 2 nitrogen and oxygen atoms in total. The van der Waals surface area contributed by atoms with Gasteiger partial charge in [-0.1, -0.05) is 13.0 Å². The van der Waals surface area contributed by atoms with Gasteiger partial charge < -0.3 is 10.0 Å². The monoisotopic (exact) mass is 253 g/mol. The van der Waals surface area contributed by atoms with E-state index in [1.807, 2.05) is 52.8 Å². The minimum atomic E-state index is -0.835. The Bertz CT molecular complexity index is 407. The summed E-state index contributed by atoms with van der Waals surface area (Å²) in [5, 5.41) is 10.6. The molecule has 0 aliphatic heterocycles. The van der Waals surface area contributed by atoms with Gasteiger partial charge in [0.2, 0.25) is 0 Å². The molecular weight excluding hydrogens is 229 g/mol. The molecule has 1 N–H and O–H groups in total. The number of nitrogens with zero attached hydrogens (tertiary/aromatic N) is 1. The first-order valence-corrected chi connectivity index (χ1v) is 6.36. The number of benzene rings is 1. The Morgan fingerprint density at radius 3 is 2.28 bits per heavy atom. The molecule has 1 aromatic rings. The summed E-state index contributed by atoms with van der Waals surface area (Å²) in [6, 6.07) is 3.39. The summed E-state index contributed by atoms with van der Waals surface area (Å²) in [5.74, 6) is -0.318. The van der Waals surface area contributed by atoms with Crippen LogP contribution in [0.4, 0.5) is 4.39 Å². The number of halogens is 1. The lowest BCUT2D eigenvalue weighted by Crippen LogP contribution is -2.46. The van der Waals surface area contributed by atoms with Gasteiger partial charge in [-0.3, -0.25) is 0 Å². The van der Waals surface area contributed by atoms with E-state index in [2.05, 4.69) is 0 Å². The first-order chi connectivity index (χ1) is 8.24. The third-order valence-electron chi connectivity index (χ3n) is 4.08. The highest BCUT2D eigenvalue weighted by Gasteiger charge is 2.36. The summed E-state index contributed by atoms with van der Waals surface area (Å²) in [6.07, 6.45) is -0.0911. The number of aliphatic hydroxyl groups is 1. The number of aliphatic hydroxyl groups excluding tert-OH is 1. The summed E-state index contributed by atoms with van der Waals surface area (Å²) in [4.78, 5) is 1.95. The SMILES string of the molecule is CCC(C)(C(O)c1c(C)cc(C)cc1F)N(C)C. The van der Waals surface area contributed by atoms with Crippen molar-refractivity contribution < 1.29 is 9.50 Å². The zero-order valence-electron chi connectivity index (χ0n) is 12.2. The minimum Gasteiger partial charge on any atom is -0.386 e. The van der Waals surface area contributed by atoms with Crippen molar-refractivity contribution in [3.05, 3.63) is 34.6 Å². The average molecular weight is 253 g/mol. The van der Waals surface area contributed by atoms with E-state index in [0.717, 1.165) is 17.5 Å². The molecule has 1 rings (SSSR count). The lowest BCUT2D eigenvalue weighted by Gasteiger charge is -2.40. The fourth-order valence-corrected chi connectivity index (χ4v) is 2.34. The normalized spacial score (nSPS) is 16.7. The van der Waals surface area contributed by atoms with Crippen molar-refractivity contribution in [1.82, 2.24) is 4.90 Å². The fraction of sp³-hybridized carbons (Fsp3) is 0.600. The smallest absolute Gasteiger partial charge is 0.129 e. The molecule has 0 aromatic heterocycles. The number of aryl methyl sites for hydroxylation is 2. The summed E-state index contributed by atoms with van der Waals surface area (Å²) < 4.78 is 14.1. The Hall–Kier alpha value is -0.930. The van der Waals surface area contributed by atoms with Gasteiger partial charge in [0.05, 0.1) is 0 Å². The van der Waals surface area contributed by atoms with Crippen molar-refractivity contribution in [2.75, 3.05) is 14.1 Å². The van der Waals surface area contributed by atoms with E-state index in [1.165, 1.54) is 6.07 Å². The number of rotatable bonds is 4. The highest BCUT2D eigenvalue weighted by Crippen LogP contribution is 2.35. The maximum atomic E-state index is 14.1. The van der Waals surface area contributed by atoms with Gasteiger partial charge in [0, 0.05) is 11.1 Å². The van der Waals surface area contributed by atoms with E-state index in [0.29, 0.717) is 5.56 Å². The third-order valence-corrected chi connectivity index (χ3v) is 4.08. The van der Waals surface area contributed by atoms with Crippen LogP contribution in [0, 0.1) is 19.7 Å². The van der Waals surface area contributed by atoms with Gasteiger partial charge in [-0.2, -0.15) is 0 Å². The molecule has 0 spiro atoms. The van der Waals surface area contributed by atoms with E-state index < -0.39 is 11.6 Å². The van der Waals surface area contributed by atoms with Crippen molar-refractivity contribution in [3.8, 4) is 0 Å². The largest absolute Gasteiger partial charge is 0.386 e. The molecule has 2 unspecified atom stereocenters. The van der Waals surface area contributed by atoms with Gasteiger partial charge in [-0.15, -0.1) is 0 Å². The molecule has 0 saturated heterocycles. The van der Waals surface area contributed by atoms with Crippen LogP contribution in [0.2, 0.25) is 0 Å². The summed E-state index contributed by atoms with van der Waals surface area (Å²) in [5.41, 5.74) is 1.63. The Morgan fingerprint density at radius 2 is 1.89 bits per heavy atom. The van der Waals surface area contributed by atoms with Crippen LogP contribution >= 0.6 is 0 Å². The quantitative estimate of drug-likeness (QED) is 0.890. The zero-order valence-corrected chi connectivity index (χ0v) is 12.2. The van der Waals surface area contributed by atoms with E-state index in [9.17, 15) is 9.50 Å². The number of hydrogen-bond donors (Lipinski definition) is 1. The van der Waals surface area contributed by atoms with Crippen LogP contribution in [0.25, 0.3) is 0 Å². The number of hydrogen-bond acceptors (Lipinski definition) is 2. The second-order valence-electron chi connectivity index (χ2n) is 5.49. The molecule has 0 saturated carbocycles. The van der Waals surface area contributed by atoms with Crippen molar-refractivity contribution in [2.45, 2.75) is 45.8 Å². The van der Waals surface area contributed by atoms with Crippen molar-refractivity contribution in [2.24, 2.45) is 0 Å². The predicted octanol–water partition coefficient (Wildman–Crippen LogP) is 3.21. The molecule has 0 aliphatic carbocycles. The van der Waals surface area contributed by atoms with Crippen LogP contribution in [0.3, 0.4) is 0 Å². The summed E-state index contributed by atoms with van der Waals surface area (Å²) >= 11 is 0. The molecule has 0 aliphatic rings. The van der Waals surface area contributed by atoms with Crippen molar-refractivity contribution >= 4 is 0 Å². The first kappa shape index (κ1) is 15.1. The molecule has 0 fully saturated rings. The van der Waals surface area contributed by atoms with Crippen LogP contribution in [0.1, 0.15) is 43.1 Å². The molecule has 0 bridgehead atoms. The van der Waals surface area contributed by atoms with Crippen LogP contribution in [0.15, 0.2) is 12.1 Å². The standard InChI is InChI=1S/C15H24FNO/c1-7-15(4,17(5)6)14(18)13-11(3)8-10(2)9-12(13)16/h8-9,14,18H,7H2,1-6H3. The van der Waals surface area contributed by atoms with E-state index in [1.54, 1.807) is 0 Å². The van der Waals surface area contributed by atoms with Crippen molar-refractivity contribution in [1.29, 1.82) is 0 Å².